The van der Waals surface area contributed by atoms with Gasteiger partial charge in [0, 0.05) is 16.9 Å². The SMILES string of the molecule is Brc1cccnc1.CCOC=O. The first kappa shape index (κ1) is 11.1. The minimum Gasteiger partial charge on any atom is -0.468 e. The van der Waals surface area contributed by atoms with Crippen LogP contribution in [0.1, 0.15) is 6.92 Å². The van der Waals surface area contributed by atoms with E-state index in [0.717, 1.165) is 4.47 Å². The number of carbonyl (C=O) groups is 1. The Morgan fingerprint density at radius 1 is 1.75 bits per heavy atom. The lowest BCUT2D eigenvalue weighted by Crippen LogP contribution is -1.80. The summed E-state index contributed by atoms with van der Waals surface area (Å²) in [4.78, 5) is 13.0. The molecule has 0 radical (unpaired) electrons. The van der Waals surface area contributed by atoms with Crippen molar-refractivity contribution < 1.29 is 9.53 Å². The van der Waals surface area contributed by atoms with Crippen LogP contribution in [0.15, 0.2) is 29.0 Å². The summed E-state index contributed by atoms with van der Waals surface area (Å²) in [5.41, 5.74) is 0. The molecule has 0 amide bonds. The van der Waals surface area contributed by atoms with Crippen molar-refractivity contribution in [2.24, 2.45) is 0 Å². The predicted octanol–water partition coefficient (Wildman–Crippen LogP) is 2.02. The number of hydrogen-bond acceptors (Lipinski definition) is 3. The standard InChI is InChI=1S/C5H4BrN.C3H6O2/c6-5-2-1-3-7-4-5;1-2-5-3-4/h1-4H;3H,2H2,1H3. The third-order valence-electron chi connectivity index (χ3n) is 0.860. The molecule has 0 aromatic carbocycles. The van der Waals surface area contributed by atoms with Crippen molar-refractivity contribution in [1.29, 1.82) is 0 Å². The molecule has 0 fully saturated rings. The molecule has 1 aromatic heterocycles. The molecule has 0 N–H and O–H groups in total. The van der Waals surface area contributed by atoms with Crippen LogP contribution in [0.4, 0.5) is 0 Å². The fourth-order valence-corrected chi connectivity index (χ4v) is 0.681. The summed E-state index contributed by atoms with van der Waals surface area (Å²) in [6.45, 7) is 2.66. The molecule has 1 rings (SSSR count). The van der Waals surface area contributed by atoms with Gasteiger partial charge in [-0.05, 0) is 35.0 Å². The highest BCUT2D eigenvalue weighted by atomic mass is 79.9. The molecule has 66 valence electrons. The smallest absolute Gasteiger partial charge is 0.293 e. The van der Waals surface area contributed by atoms with E-state index in [1.165, 1.54) is 0 Å². The summed E-state index contributed by atoms with van der Waals surface area (Å²) in [7, 11) is 0. The third-order valence-corrected chi connectivity index (χ3v) is 1.33. The summed E-state index contributed by atoms with van der Waals surface area (Å²) in [6, 6.07) is 3.82. The van der Waals surface area contributed by atoms with E-state index < -0.39 is 0 Å². The fourth-order valence-electron chi connectivity index (χ4n) is 0.410. The maximum atomic E-state index is 9.18. The van der Waals surface area contributed by atoms with Gasteiger partial charge in [0.05, 0.1) is 6.61 Å². The van der Waals surface area contributed by atoms with Gasteiger partial charge in [0.1, 0.15) is 0 Å². The molecule has 3 nitrogen and oxygen atoms in total. The normalized spacial score (nSPS) is 7.83. The van der Waals surface area contributed by atoms with Gasteiger partial charge >= 0.3 is 0 Å². The highest BCUT2D eigenvalue weighted by Crippen LogP contribution is 2.02. The molecule has 0 spiro atoms. The van der Waals surface area contributed by atoms with E-state index in [9.17, 15) is 4.79 Å². The number of aromatic nitrogens is 1. The second kappa shape index (κ2) is 8.20. The van der Waals surface area contributed by atoms with Crippen LogP contribution in [0.25, 0.3) is 0 Å². The number of ether oxygens (including phenoxy) is 1. The van der Waals surface area contributed by atoms with E-state index in [1.54, 1.807) is 19.3 Å². The van der Waals surface area contributed by atoms with Crippen LogP contribution >= 0.6 is 15.9 Å². The van der Waals surface area contributed by atoms with Gasteiger partial charge < -0.3 is 4.74 Å². The molecule has 0 saturated heterocycles. The van der Waals surface area contributed by atoms with Gasteiger partial charge in [-0.3, -0.25) is 9.78 Å². The van der Waals surface area contributed by atoms with Crippen LogP contribution in [-0.4, -0.2) is 18.1 Å². The Morgan fingerprint density at radius 3 is 2.67 bits per heavy atom. The molecule has 1 heterocycles. The lowest BCUT2D eigenvalue weighted by atomic mass is 10.5. The Kier molecular flexibility index (Phi) is 7.58. The van der Waals surface area contributed by atoms with Crippen molar-refractivity contribution in [3.05, 3.63) is 29.0 Å². The summed E-state index contributed by atoms with van der Waals surface area (Å²) >= 11 is 3.25. The first-order valence-corrected chi connectivity index (χ1v) is 4.21. The molecule has 0 aliphatic heterocycles. The molecule has 1 aromatic rings. The summed E-state index contributed by atoms with van der Waals surface area (Å²) in [6.07, 6.45) is 3.49. The second-order valence-corrected chi connectivity index (χ2v) is 2.64. The third kappa shape index (κ3) is 7.21. The van der Waals surface area contributed by atoms with E-state index >= 15 is 0 Å². The van der Waals surface area contributed by atoms with Crippen molar-refractivity contribution in [3.8, 4) is 0 Å². The van der Waals surface area contributed by atoms with Crippen molar-refractivity contribution >= 4 is 22.4 Å². The highest BCUT2D eigenvalue weighted by molar-refractivity contribution is 9.10. The molecule has 0 saturated carbocycles. The first-order valence-electron chi connectivity index (χ1n) is 3.42. The Bertz CT molecular complexity index is 203. The molecule has 0 unspecified atom stereocenters. The van der Waals surface area contributed by atoms with Crippen LogP contribution in [-0.2, 0) is 9.53 Å². The summed E-state index contributed by atoms with van der Waals surface area (Å²) < 4.78 is 5.18. The Balaban J connectivity index is 0.000000217. The molecule has 12 heavy (non-hydrogen) atoms. The van der Waals surface area contributed by atoms with E-state index in [0.29, 0.717) is 13.1 Å². The van der Waals surface area contributed by atoms with Crippen molar-refractivity contribution in [2.75, 3.05) is 6.61 Å². The van der Waals surface area contributed by atoms with Crippen LogP contribution in [0.2, 0.25) is 0 Å². The van der Waals surface area contributed by atoms with Gasteiger partial charge in [-0.25, -0.2) is 0 Å². The van der Waals surface area contributed by atoms with Gasteiger partial charge in [0.25, 0.3) is 6.47 Å². The highest BCUT2D eigenvalue weighted by Gasteiger charge is 1.75. The maximum absolute atomic E-state index is 9.18. The zero-order valence-corrected chi connectivity index (χ0v) is 8.32. The zero-order valence-electron chi connectivity index (χ0n) is 6.74. The Hall–Kier alpha value is -0.900. The summed E-state index contributed by atoms with van der Waals surface area (Å²) in [5.74, 6) is 0. The number of nitrogens with zero attached hydrogens (tertiary/aromatic N) is 1. The van der Waals surface area contributed by atoms with Crippen LogP contribution in [0.5, 0.6) is 0 Å². The molecule has 0 aliphatic carbocycles. The lowest BCUT2D eigenvalue weighted by molar-refractivity contribution is -0.128. The van der Waals surface area contributed by atoms with Crippen molar-refractivity contribution in [3.63, 3.8) is 0 Å². The molecule has 0 atom stereocenters. The van der Waals surface area contributed by atoms with E-state index in [2.05, 4.69) is 25.7 Å². The van der Waals surface area contributed by atoms with E-state index in [4.69, 9.17) is 0 Å². The van der Waals surface area contributed by atoms with Crippen LogP contribution < -0.4 is 0 Å². The molecule has 0 aliphatic rings. The van der Waals surface area contributed by atoms with E-state index in [-0.39, 0.29) is 0 Å². The average molecular weight is 232 g/mol. The quantitative estimate of drug-likeness (QED) is 0.732. The number of pyridine rings is 1. The van der Waals surface area contributed by atoms with Crippen LogP contribution in [0.3, 0.4) is 0 Å². The first-order chi connectivity index (χ1) is 5.81. The van der Waals surface area contributed by atoms with Gasteiger partial charge in [-0.2, -0.15) is 0 Å². The van der Waals surface area contributed by atoms with Crippen molar-refractivity contribution in [1.82, 2.24) is 4.98 Å². The minimum absolute atomic E-state index is 0.431. The topological polar surface area (TPSA) is 39.2 Å². The van der Waals surface area contributed by atoms with Crippen LogP contribution in [0, 0.1) is 0 Å². The Labute approximate surface area is 79.9 Å². The van der Waals surface area contributed by atoms with Gasteiger partial charge in [0.15, 0.2) is 0 Å². The van der Waals surface area contributed by atoms with Gasteiger partial charge in [0.2, 0.25) is 0 Å². The van der Waals surface area contributed by atoms with Crippen molar-refractivity contribution in [2.45, 2.75) is 6.92 Å². The maximum Gasteiger partial charge on any atom is 0.293 e. The second-order valence-electron chi connectivity index (χ2n) is 1.72. The zero-order chi connectivity index (χ0) is 9.23. The molecule has 4 heteroatoms. The van der Waals surface area contributed by atoms with Gasteiger partial charge in [-0.1, -0.05) is 0 Å². The predicted molar refractivity (Wildman–Crippen MR) is 49.6 cm³/mol. The lowest BCUT2D eigenvalue weighted by Gasteiger charge is -1.80. The van der Waals surface area contributed by atoms with Gasteiger partial charge in [-0.15, -0.1) is 0 Å². The minimum atomic E-state index is 0.431. The molecule has 0 bridgehead atoms. The number of rotatable bonds is 2. The average Bonchev–Trinajstić information content (AvgIpc) is 2.08. The Morgan fingerprint density at radius 2 is 2.50 bits per heavy atom. The fraction of sp³-hybridized carbons (Fsp3) is 0.250. The molecular weight excluding hydrogens is 222 g/mol. The number of halogens is 1. The number of carbonyl (C=O) groups excluding carboxylic acids is 1. The number of hydrogen-bond donors (Lipinski definition) is 0. The largest absolute Gasteiger partial charge is 0.468 e. The summed E-state index contributed by atoms with van der Waals surface area (Å²) in [5, 5.41) is 0. The molecular formula is C8H10BrNO2. The monoisotopic (exact) mass is 231 g/mol. The van der Waals surface area contributed by atoms with E-state index in [1.807, 2.05) is 12.1 Å².